The van der Waals surface area contributed by atoms with E-state index in [-0.39, 0.29) is 24.9 Å². The Labute approximate surface area is 121 Å². The molecule has 0 aliphatic heterocycles. The third kappa shape index (κ3) is 12.6. The zero-order valence-corrected chi connectivity index (χ0v) is 12.5. The molecule has 0 aliphatic carbocycles. The summed E-state index contributed by atoms with van der Waals surface area (Å²) in [5, 5.41) is 2.51. The molecule has 0 saturated carbocycles. The van der Waals surface area contributed by atoms with Gasteiger partial charge in [-0.25, -0.2) is 0 Å². The first kappa shape index (κ1) is 21.1. The molecule has 19 heavy (non-hydrogen) atoms. The van der Waals surface area contributed by atoms with Crippen LogP contribution in [-0.4, -0.2) is 49.4 Å². The maximum absolute atomic E-state index is 11.8. The summed E-state index contributed by atoms with van der Waals surface area (Å²) in [6, 6.07) is -1.14. The maximum atomic E-state index is 11.8. The van der Waals surface area contributed by atoms with Gasteiger partial charge in [-0.15, -0.1) is 12.4 Å². The van der Waals surface area contributed by atoms with Crippen molar-refractivity contribution in [1.29, 1.82) is 0 Å². The van der Waals surface area contributed by atoms with Gasteiger partial charge in [-0.05, 0) is 25.4 Å². The lowest BCUT2D eigenvalue weighted by molar-refractivity contribution is -0.175. The summed E-state index contributed by atoms with van der Waals surface area (Å²) >= 11 is 1.57. The highest BCUT2D eigenvalue weighted by Gasteiger charge is 2.27. The van der Waals surface area contributed by atoms with Crippen LogP contribution in [0.25, 0.3) is 0 Å². The van der Waals surface area contributed by atoms with Gasteiger partial charge in [0.15, 0.2) is 0 Å². The van der Waals surface area contributed by atoms with E-state index >= 15 is 0 Å². The first-order chi connectivity index (χ1) is 8.26. The topological polar surface area (TPSA) is 64.4 Å². The minimum Gasteiger partial charge on any atom is -0.370 e. The lowest BCUT2D eigenvalue weighted by Gasteiger charge is -2.17. The van der Waals surface area contributed by atoms with Gasteiger partial charge in [0.25, 0.3) is 0 Å². The number of nitrogens with one attached hydrogen (secondary N) is 1. The number of hydrogen-bond acceptors (Lipinski definition) is 4. The van der Waals surface area contributed by atoms with Crippen LogP contribution in [0.15, 0.2) is 0 Å². The fourth-order valence-electron chi connectivity index (χ4n) is 1.12. The number of rotatable bonds is 8. The Morgan fingerprint density at radius 1 is 1.47 bits per heavy atom. The highest BCUT2D eigenvalue weighted by molar-refractivity contribution is 7.98. The first-order valence-electron chi connectivity index (χ1n) is 5.45. The number of amides is 1. The van der Waals surface area contributed by atoms with Crippen LogP contribution in [0.2, 0.25) is 0 Å². The molecule has 0 aromatic heterocycles. The Balaban J connectivity index is 0. The van der Waals surface area contributed by atoms with Crippen molar-refractivity contribution < 1.29 is 22.7 Å². The zero-order valence-electron chi connectivity index (χ0n) is 10.8. The number of halogens is 4. The predicted molar refractivity (Wildman–Crippen MR) is 72.7 cm³/mol. The van der Waals surface area contributed by atoms with Gasteiger partial charge in [0.05, 0.1) is 12.6 Å². The molecule has 0 bridgehead atoms. The molecular weight excluding hydrogens is 305 g/mol. The van der Waals surface area contributed by atoms with Crippen molar-refractivity contribution in [3.8, 4) is 0 Å². The van der Waals surface area contributed by atoms with E-state index in [1.54, 1.807) is 18.7 Å². The van der Waals surface area contributed by atoms with E-state index in [1.165, 1.54) is 0 Å². The molecule has 2 atom stereocenters. The molecule has 0 spiro atoms. The Kier molecular flexibility index (Phi) is 11.8. The Morgan fingerprint density at radius 3 is 2.53 bits per heavy atom. The summed E-state index contributed by atoms with van der Waals surface area (Å²) in [6.07, 6.45) is -1.92. The van der Waals surface area contributed by atoms with Gasteiger partial charge in [0.1, 0.15) is 6.61 Å². The van der Waals surface area contributed by atoms with E-state index in [0.29, 0.717) is 6.42 Å². The zero-order chi connectivity index (χ0) is 14.2. The maximum Gasteiger partial charge on any atom is 0.411 e. The molecule has 0 heterocycles. The van der Waals surface area contributed by atoms with Crippen molar-refractivity contribution in [2.45, 2.75) is 31.6 Å². The highest BCUT2D eigenvalue weighted by atomic mass is 35.5. The lowest BCUT2D eigenvalue weighted by Crippen LogP contribution is -2.46. The van der Waals surface area contributed by atoms with Crippen molar-refractivity contribution in [2.24, 2.45) is 5.73 Å². The van der Waals surface area contributed by atoms with E-state index in [4.69, 9.17) is 5.73 Å². The van der Waals surface area contributed by atoms with E-state index in [1.807, 2.05) is 6.26 Å². The van der Waals surface area contributed by atoms with Crippen LogP contribution < -0.4 is 11.1 Å². The second kappa shape index (κ2) is 10.6. The standard InChI is InChI=1S/C10H19F3N2O2S.ClH/c1-7(5-17-6-10(11,12)13)15-9(16)8(14)3-4-18-2;/h7-8H,3-6,14H2,1-2H3,(H,15,16);1H/t7?,8-;/m0./s1. The number of nitrogens with two attached hydrogens (primary N) is 1. The van der Waals surface area contributed by atoms with Gasteiger partial charge < -0.3 is 15.8 Å². The largest absolute Gasteiger partial charge is 0.411 e. The molecule has 116 valence electrons. The monoisotopic (exact) mass is 324 g/mol. The van der Waals surface area contributed by atoms with Crippen molar-refractivity contribution in [2.75, 3.05) is 25.2 Å². The van der Waals surface area contributed by atoms with E-state index in [9.17, 15) is 18.0 Å². The molecule has 0 aromatic rings. The smallest absolute Gasteiger partial charge is 0.370 e. The SMILES string of the molecule is CSCC[C@H](N)C(=O)NC(C)COCC(F)(F)F.Cl. The van der Waals surface area contributed by atoms with Crippen LogP contribution in [0.3, 0.4) is 0 Å². The molecule has 0 aromatic carbocycles. The molecule has 0 radical (unpaired) electrons. The summed E-state index contributed by atoms with van der Waals surface area (Å²) in [5.41, 5.74) is 5.60. The predicted octanol–water partition coefficient (Wildman–Crippen LogP) is 1.57. The molecule has 0 saturated heterocycles. The van der Waals surface area contributed by atoms with Crippen molar-refractivity contribution >= 4 is 30.1 Å². The number of thioether (sulfide) groups is 1. The lowest BCUT2D eigenvalue weighted by atomic mass is 10.2. The van der Waals surface area contributed by atoms with Crippen LogP contribution >= 0.6 is 24.2 Å². The normalized spacial score (nSPS) is 14.4. The Morgan fingerprint density at radius 2 is 2.05 bits per heavy atom. The summed E-state index contributed by atoms with van der Waals surface area (Å²) in [7, 11) is 0. The van der Waals surface area contributed by atoms with Gasteiger partial charge >= 0.3 is 6.18 Å². The Hall–Kier alpha value is -0.180. The summed E-state index contributed by atoms with van der Waals surface area (Å²) in [5.74, 6) is 0.389. The average Bonchev–Trinajstić information content (AvgIpc) is 2.23. The molecule has 4 nitrogen and oxygen atoms in total. The molecular formula is C10H20ClF3N2O2S. The molecule has 0 rings (SSSR count). The minimum absolute atomic E-state index is 0. The van der Waals surface area contributed by atoms with Crippen molar-refractivity contribution in [1.82, 2.24) is 5.32 Å². The highest BCUT2D eigenvalue weighted by Crippen LogP contribution is 2.14. The second-order valence-electron chi connectivity index (χ2n) is 3.93. The number of carbonyl (C=O) groups is 1. The van der Waals surface area contributed by atoms with Crippen LogP contribution in [0.1, 0.15) is 13.3 Å². The fraction of sp³-hybridized carbons (Fsp3) is 0.900. The summed E-state index contributed by atoms with van der Waals surface area (Å²) in [4.78, 5) is 11.5. The van der Waals surface area contributed by atoms with Crippen molar-refractivity contribution in [3.05, 3.63) is 0 Å². The number of alkyl halides is 3. The number of hydrogen-bond donors (Lipinski definition) is 2. The van der Waals surface area contributed by atoms with Gasteiger partial charge in [-0.3, -0.25) is 4.79 Å². The molecule has 1 amide bonds. The van der Waals surface area contributed by atoms with Gasteiger partial charge in [-0.1, -0.05) is 0 Å². The second-order valence-corrected chi connectivity index (χ2v) is 4.91. The molecule has 0 aliphatic rings. The summed E-state index contributed by atoms with van der Waals surface area (Å²) < 4.78 is 39.8. The molecule has 1 unspecified atom stereocenters. The van der Waals surface area contributed by atoms with Gasteiger partial charge in [0, 0.05) is 6.04 Å². The molecule has 3 N–H and O–H groups in total. The van der Waals surface area contributed by atoms with E-state index < -0.39 is 24.9 Å². The quantitative estimate of drug-likeness (QED) is 0.711. The average molecular weight is 325 g/mol. The van der Waals surface area contributed by atoms with E-state index in [0.717, 1.165) is 5.75 Å². The van der Waals surface area contributed by atoms with E-state index in [2.05, 4.69) is 10.1 Å². The Bertz CT molecular complexity index is 257. The molecule has 9 heteroatoms. The fourth-order valence-corrected chi connectivity index (χ4v) is 1.61. The minimum atomic E-state index is -4.35. The van der Waals surface area contributed by atoms with Gasteiger partial charge in [0.2, 0.25) is 5.91 Å². The van der Waals surface area contributed by atoms with Crippen LogP contribution in [0, 0.1) is 0 Å². The number of ether oxygens (including phenoxy) is 1. The van der Waals surface area contributed by atoms with Crippen LogP contribution in [0.5, 0.6) is 0 Å². The number of carbonyl (C=O) groups excluding carboxylic acids is 1. The van der Waals surface area contributed by atoms with Crippen LogP contribution in [-0.2, 0) is 9.53 Å². The van der Waals surface area contributed by atoms with Crippen molar-refractivity contribution in [3.63, 3.8) is 0 Å². The molecule has 0 fully saturated rings. The van der Waals surface area contributed by atoms with Crippen LogP contribution in [0.4, 0.5) is 13.2 Å². The first-order valence-corrected chi connectivity index (χ1v) is 6.85. The third-order valence-electron chi connectivity index (χ3n) is 1.99. The van der Waals surface area contributed by atoms with Gasteiger partial charge in [-0.2, -0.15) is 24.9 Å². The third-order valence-corrected chi connectivity index (χ3v) is 2.64. The summed E-state index contributed by atoms with van der Waals surface area (Å²) in [6.45, 7) is 0.0573.